The first kappa shape index (κ1) is 15.2. The van der Waals surface area contributed by atoms with Gasteiger partial charge in [-0.05, 0) is 51.0 Å². The smallest absolute Gasteiger partial charge is 0.311 e. The van der Waals surface area contributed by atoms with Crippen LogP contribution in [0.1, 0.15) is 37.0 Å². The number of benzene rings is 1. The summed E-state index contributed by atoms with van der Waals surface area (Å²) in [7, 11) is 1.40. The second-order valence-corrected chi connectivity index (χ2v) is 5.01. The highest BCUT2D eigenvalue weighted by Gasteiger charge is 2.27. The third kappa shape index (κ3) is 4.73. The number of carbonyl (C=O) groups excluding carboxylic acids is 2. The zero-order valence-corrected chi connectivity index (χ0v) is 11.6. The monoisotopic (exact) mass is 264 g/mol. The molecule has 0 bridgehead atoms. The fourth-order valence-electron chi connectivity index (χ4n) is 1.73. The van der Waals surface area contributed by atoms with Crippen molar-refractivity contribution in [3.8, 4) is 5.75 Å². The minimum atomic E-state index is -0.487. The van der Waals surface area contributed by atoms with E-state index in [4.69, 9.17) is 9.47 Å². The van der Waals surface area contributed by atoms with Gasteiger partial charge in [0.2, 0.25) is 0 Å². The molecule has 1 aromatic carbocycles. The van der Waals surface area contributed by atoms with Gasteiger partial charge in [0.25, 0.3) is 0 Å². The molecule has 0 heterocycles. The highest BCUT2D eigenvalue weighted by Crippen LogP contribution is 2.24. The Hall–Kier alpha value is -1.84. The number of esters is 1. The fraction of sp³-hybridized carbons (Fsp3) is 0.467. The van der Waals surface area contributed by atoms with Crippen molar-refractivity contribution in [2.75, 3.05) is 13.7 Å². The molecule has 0 fully saturated rings. The summed E-state index contributed by atoms with van der Waals surface area (Å²) in [5.74, 6) is 0.518. The Morgan fingerprint density at radius 2 is 1.89 bits per heavy atom. The van der Waals surface area contributed by atoms with Gasteiger partial charge in [-0.2, -0.15) is 0 Å². The average Bonchev–Trinajstić information content (AvgIpc) is 2.43. The highest BCUT2D eigenvalue weighted by atomic mass is 16.5. The Labute approximate surface area is 113 Å². The van der Waals surface area contributed by atoms with E-state index in [1.54, 1.807) is 24.3 Å². The van der Waals surface area contributed by atoms with E-state index in [0.717, 1.165) is 18.5 Å². The van der Waals surface area contributed by atoms with Crippen LogP contribution < -0.4 is 4.74 Å². The molecule has 0 radical (unpaired) electrons. The minimum absolute atomic E-state index is 0.206. The molecule has 0 saturated carbocycles. The van der Waals surface area contributed by atoms with E-state index in [0.29, 0.717) is 18.6 Å². The molecule has 4 nitrogen and oxygen atoms in total. The summed E-state index contributed by atoms with van der Waals surface area (Å²) < 4.78 is 10.3. The van der Waals surface area contributed by atoms with Crippen molar-refractivity contribution < 1.29 is 19.1 Å². The van der Waals surface area contributed by atoms with Crippen molar-refractivity contribution in [2.45, 2.75) is 26.7 Å². The molecule has 19 heavy (non-hydrogen) atoms. The topological polar surface area (TPSA) is 52.6 Å². The minimum Gasteiger partial charge on any atom is -0.494 e. The molecule has 0 aromatic heterocycles. The largest absolute Gasteiger partial charge is 0.494 e. The van der Waals surface area contributed by atoms with Crippen LogP contribution >= 0.6 is 0 Å². The van der Waals surface area contributed by atoms with Crippen molar-refractivity contribution in [1.82, 2.24) is 0 Å². The number of hydrogen-bond donors (Lipinski definition) is 0. The van der Waals surface area contributed by atoms with Crippen molar-refractivity contribution >= 4 is 12.3 Å². The molecule has 0 N–H and O–H groups in total. The summed E-state index contributed by atoms with van der Waals surface area (Å²) in [5.41, 5.74) is 0.138. The molecule has 0 unspecified atom stereocenters. The van der Waals surface area contributed by atoms with Crippen LogP contribution in [-0.2, 0) is 9.53 Å². The quantitative estimate of drug-likeness (QED) is 0.431. The van der Waals surface area contributed by atoms with Gasteiger partial charge in [-0.3, -0.25) is 9.59 Å². The molecule has 4 heteroatoms. The van der Waals surface area contributed by atoms with Crippen LogP contribution in [-0.4, -0.2) is 26.0 Å². The summed E-state index contributed by atoms with van der Waals surface area (Å²) >= 11 is 0. The fourth-order valence-corrected chi connectivity index (χ4v) is 1.73. The summed E-state index contributed by atoms with van der Waals surface area (Å²) in [4.78, 5) is 22.0. The summed E-state index contributed by atoms with van der Waals surface area (Å²) in [6.07, 6.45) is 2.26. The van der Waals surface area contributed by atoms with E-state index < -0.39 is 5.41 Å². The summed E-state index contributed by atoms with van der Waals surface area (Å²) in [6.45, 7) is 4.25. The second kappa shape index (κ2) is 6.92. The standard InChI is InChI=1S/C15H20O4/c1-15(2,14(17)18-3)9-4-10-19-13-7-5-12(11-16)6-8-13/h5-8,11H,4,9-10H2,1-3H3. The van der Waals surface area contributed by atoms with Gasteiger partial charge in [0.1, 0.15) is 12.0 Å². The van der Waals surface area contributed by atoms with Gasteiger partial charge >= 0.3 is 5.97 Å². The predicted molar refractivity (Wildman–Crippen MR) is 72.4 cm³/mol. The van der Waals surface area contributed by atoms with Crippen LogP contribution in [0.15, 0.2) is 24.3 Å². The Bertz CT molecular complexity index is 420. The molecule has 0 aliphatic rings. The number of hydrogen-bond acceptors (Lipinski definition) is 4. The van der Waals surface area contributed by atoms with Crippen molar-refractivity contribution in [3.05, 3.63) is 29.8 Å². The van der Waals surface area contributed by atoms with Gasteiger partial charge in [0, 0.05) is 5.56 Å². The number of rotatable bonds is 7. The lowest BCUT2D eigenvalue weighted by Crippen LogP contribution is -2.26. The molecule has 0 aliphatic heterocycles. The Morgan fingerprint density at radius 1 is 1.26 bits per heavy atom. The Morgan fingerprint density at radius 3 is 2.42 bits per heavy atom. The summed E-state index contributed by atoms with van der Waals surface area (Å²) in [6, 6.07) is 6.94. The van der Waals surface area contributed by atoms with E-state index in [9.17, 15) is 9.59 Å². The Balaban J connectivity index is 2.34. The maximum absolute atomic E-state index is 11.5. The zero-order chi connectivity index (χ0) is 14.3. The normalized spacial score (nSPS) is 10.9. The Kier molecular flexibility index (Phi) is 5.55. The molecule has 1 rings (SSSR count). The van der Waals surface area contributed by atoms with Gasteiger partial charge in [-0.25, -0.2) is 0 Å². The average molecular weight is 264 g/mol. The van der Waals surface area contributed by atoms with Crippen LogP contribution in [0.5, 0.6) is 5.75 Å². The van der Waals surface area contributed by atoms with Crippen LogP contribution in [0.2, 0.25) is 0 Å². The molecule has 1 aromatic rings. The summed E-state index contributed by atoms with van der Waals surface area (Å²) in [5, 5.41) is 0. The maximum Gasteiger partial charge on any atom is 0.311 e. The molecular formula is C15H20O4. The zero-order valence-electron chi connectivity index (χ0n) is 11.6. The van der Waals surface area contributed by atoms with Crippen LogP contribution in [0.25, 0.3) is 0 Å². The van der Waals surface area contributed by atoms with E-state index in [2.05, 4.69) is 0 Å². The van der Waals surface area contributed by atoms with E-state index in [1.807, 2.05) is 13.8 Å². The van der Waals surface area contributed by atoms with Crippen LogP contribution in [0.4, 0.5) is 0 Å². The lowest BCUT2D eigenvalue weighted by molar-refractivity contribution is -0.151. The SMILES string of the molecule is COC(=O)C(C)(C)CCCOc1ccc(C=O)cc1. The molecular weight excluding hydrogens is 244 g/mol. The number of carbonyl (C=O) groups is 2. The van der Waals surface area contributed by atoms with E-state index >= 15 is 0 Å². The number of aldehydes is 1. The van der Waals surface area contributed by atoms with Gasteiger partial charge in [0.05, 0.1) is 19.1 Å². The molecule has 0 atom stereocenters. The first-order valence-corrected chi connectivity index (χ1v) is 6.26. The first-order valence-electron chi connectivity index (χ1n) is 6.26. The third-order valence-electron chi connectivity index (χ3n) is 2.97. The third-order valence-corrected chi connectivity index (χ3v) is 2.97. The molecule has 0 spiro atoms. The van der Waals surface area contributed by atoms with Crippen LogP contribution in [0.3, 0.4) is 0 Å². The molecule has 0 saturated heterocycles. The second-order valence-electron chi connectivity index (χ2n) is 5.01. The van der Waals surface area contributed by atoms with Gasteiger partial charge in [-0.1, -0.05) is 0 Å². The van der Waals surface area contributed by atoms with Crippen molar-refractivity contribution in [1.29, 1.82) is 0 Å². The number of ether oxygens (including phenoxy) is 2. The van der Waals surface area contributed by atoms with E-state index in [-0.39, 0.29) is 5.97 Å². The molecule has 104 valence electrons. The molecule has 0 aliphatic carbocycles. The van der Waals surface area contributed by atoms with Gasteiger partial charge in [0.15, 0.2) is 0 Å². The highest BCUT2D eigenvalue weighted by molar-refractivity contribution is 5.75. The predicted octanol–water partition coefficient (Wildman–Crippen LogP) is 2.86. The van der Waals surface area contributed by atoms with Crippen molar-refractivity contribution in [2.24, 2.45) is 5.41 Å². The van der Waals surface area contributed by atoms with Gasteiger partial charge in [-0.15, -0.1) is 0 Å². The maximum atomic E-state index is 11.5. The lowest BCUT2D eigenvalue weighted by atomic mass is 9.88. The number of methoxy groups -OCH3 is 1. The lowest BCUT2D eigenvalue weighted by Gasteiger charge is -2.21. The molecule has 0 amide bonds. The first-order chi connectivity index (χ1) is 8.99. The van der Waals surface area contributed by atoms with Gasteiger partial charge < -0.3 is 9.47 Å². The van der Waals surface area contributed by atoms with Crippen LogP contribution in [0, 0.1) is 5.41 Å². The van der Waals surface area contributed by atoms with Crippen molar-refractivity contribution in [3.63, 3.8) is 0 Å². The van der Waals surface area contributed by atoms with E-state index in [1.165, 1.54) is 7.11 Å².